The normalized spacial score (nSPS) is 15.5. The van der Waals surface area contributed by atoms with Gasteiger partial charge in [0.25, 0.3) is 5.91 Å². The second-order valence-electron chi connectivity index (χ2n) is 7.38. The smallest absolute Gasteiger partial charge is 0.255 e. The van der Waals surface area contributed by atoms with Crippen LogP contribution in [-0.2, 0) is 4.79 Å². The number of methoxy groups -OCH3 is 2. The Morgan fingerprint density at radius 2 is 1.84 bits per heavy atom. The van der Waals surface area contributed by atoms with Gasteiger partial charge in [-0.15, -0.1) is 11.8 Å². The van der Waals surface area contributed by atoms with Crippen LogP contribution >= 0.6 is 11.8 Å². The number of carbonyl (C=O) groups is 2. The Morgan fingerprint density at radius 3 is 2.62 bits per heavy atom. The Kier molecular flexibility index (Phi) is 6.37. The zero-order valence-electron chi connectivity index (χ0n) is 18.1. The van der Waals surface area contributed by atoms with E-state index in [9.17, 15) is 9.59 Å². The highest BCUT2D eigenvalue weighted by molar-refractivity contribution is 8.00. The number of thioether (sulfide) groups is 1. The molecule has 0 aliphatic carbocycles. The first-order chi connectivity index (χ1) is 15.5. The Morgan fingerprint density at radius 1 is 1.03 bits per heavy atom. The Hall–Kier alpha value is -3.45. The molecule has 1 heterocycles. The Bertz CT molecular complexity index is 1160. The summed E-state index contributed by atoms with van der Waals surface area (Å²) in [4.78, 5) is 27.6. The summed E-state index contributed by atoms with van der Waals surface area (Å²) in [6, 6.07) is 20.3. The fourth-order valence-corrected chi connectivity index (χ4v) is 4.89. The van der Waals surface area contributed by atoms with Gasteiger partial charge in [-0.25, -0.2) is 0 Å². The maximum absolute atomic E-state index is 12.9. The van der Waals surface area contributed by atoms with Crippen molar-refractivity contribution in [3.8, 4) is 11.5 Å². The Balaban J connectivity index is 1.69. The van der Waals surface area contributed by atoms with E-state index in [0.717, 1.165) is 16.8 Å². The zero-order chi connectivity index (χ0) is 22.7. The average molecular weight is 449 g/mol. The number of nitrogens with zero attached hydrogens (tertiary/aromatic N) is 1. The minimum Gasteiger partial charge on any atom is -0.497 e. The molecule has 6 nitrogen and oxygen atoms in total. The molecular weight excluding hydrogens is 424 g/mol. The molecule has 1 aliphatic heterocycles. The van der Waals surface area contributed by atoms with Crippen molar-refractivity contribution in [3.05, 3.63) is 83.4 Å². The van der Waals surface area contributed by atoms with Crippen molar-refractivity contribution in [2.24, 2.45) is 0 Å². The summed E-state index contributed by atoms with van der Waals surface area (Å²) in [6.45, 7) is 1.98. The first-order valence-electron chi connectivity index (χ1n) is 10.1. The molecule has 1 atom stereocenters. The third-order valence-electron chi connectivity index (χ3n) is 5.27. The van der Waals surface area contributed by atoms with Gasteiger partial charge in [0, 0.05) is 16.8 Å². The van der Waals surface area contributed by atoms with Crippen molar-refractivity contribution in [1.29, 1.82) is 0 Å². The van der Waals surface area contributed by atoms with Crippen LogP contribution < -0.4 is 19.7 Å². The van der Waals surface area contributed by atoms with Gasteiger partial charge in [-0.05, 0) is 48.9 Å². The number of amides is 2. The molecule has 32 heavy (non-hydrogen) atoms. The molecule has 4 rings (SSSR count). The minimum atomic E-state index is -0.292. The number of hydrogen-bond donors (Lipinski definition) is 1. The molecule has 0 aromatic heterocycles. The highest BCUT2D eigenvalue weighted by atomic mass is 32.2. The quantitative estimate of drug-likeness (QED) is 0.572. The van der Waals surface area contributed by atoms with Gasteiger partial charge in [0.05, 0.1) is 25.7 Å². The van der Waals surface area contributed by atoms with Crippen LogP contribution in [0.3, 0.4) is 0 Å². The van der Waals surface area contributed by atoms with Gasteiger partial charge in [0.2, 0.25) is 5.91 Å². The van der Waals surface area contributed by atoms with Gasteiger partial charge >= 0.3 is 0 Å². The second-order valence-corrected chi connectivity index (χ2v) is 8.44. The molecule has 3 aromatic rings. The molecule has 0 saturated carbocycles. The van der Waals surface area contributed by atoms with E-state index in [0.29, 0.717) is 28.5 Å². The standard InChI is InChI=1S/C25H24N2O4S/c1-16-11-12-22(31-3)21(13-16)27-23(28)15-32-25(27)19-9-4-5-10-20(19)26-24(29)17-7-6-8-18(14-17)30-2/h4-14,25H,15H2,1-3H3,(H,26,29). The van der Waals surface area contributed by atoms with Crippen molar-refractivity contribution in [1.82, 2.24) is 0 Å². The van der Waals surface area contributed by atoms with Crippen molar-refractivity contribution in [3.63, 3.8) is 0 Å². The third-order valence-corrected chi connectivity index (χ3v) is 6.46. The van der Waals surface area contributed by atoms with Crippen LogP contribution in [-0.4, -0.2) is 31.8 Å². The summed E-state index contributed by atoms with van der Waals surface area (Å²) in [5.74, 6) is 1.35. The summed E-state index contributed by atoms with van der Waals surface area (Å²) in [7, 11) is 3.16. The molecule has 1 fully saturated rings. The SMILES string of the molecule is COc1cccc(C(=O)Nc2ccccc2C2SCC(=O)N2c2cc(C)ccc2OC)c1. The number of aryl methyl sites for hydroxylation is 1. The number of para-hydroxylation sites is 1. The van der Waals surface area contributed by atoms with E-state index in [1.807, 2.05) is 49.4 Å². The zero-order valence-corrected chi connectivity index (χ0v) is 18.9. The molecule has 0 bridgehead atoms. The average Bonchev–Trinajstić information content (AvgIpc) is 3.20. The van der Waals surface area contributed by atoms with E-state index in [1.165, 1.54) is 11.8 Å². The predicted octanol–water partition coefficient (Wildman–Crippen LogP) is 5.04. The molecule has 7 heteroatoms. The highest BCUT2D eigenvalue weighted by Crippen LogP contribution is 2.47. The van der Waals surface area contributed by atoms with Crippen LogP contribution in [0.4, 0.5) is 11.4 Å². The third kappa shape index (κ3) is 4.29. The van der Waals surface area contributed by atoms with Crippen molar-refractivity contribution >= 4 is 35.0 Å². The minimum absolute atomic E-state index is 0.00201. The topological polar surface area (TPSA) is 67.9 Å². The molecule has 1 aliphatic rings. The lowest BCUT2D eigenvalue weighted by Gasteiger charge is -2.27. The lowest BCUT2D eigenvalue weighted by atomic mass is 10.1. The summed E-state index contributed by atoms with van der Waals surface area (Å²) in [6.07, 6.45) is 0. The number of rotatable bonds is 6. The number of nitrogens with one attached hydrogen (secondary N) is 1. The van der Waals surface area contributed by atoms with E-state index in [1.54, 1.807) is 43.4 Å². The highest BCUT2D eigenvalue weighted by Gasteiger charge is 2.37. The fraction of sp³-hybridized carbons (Fsp3) is 0.200. The first kappa shape index (κ1) is 21.8. The summed E-state index contributed by atoms with van der Waals surface area (Å²) < 4.78 is 10.8. The molecular formula is C25H24N2O4S. The summed E-state index contributed by atoms with van der Waals surface area (Å²) in [5.41, 5.74) is 3.75. The molecule has 1 unspecified atom stereocenters. The van der Waals surface area contributed by atoms with Gasteiger partial charge in [0.15, 0.2) is 0 Å². The number of hydrogen-bond acceptors (Lipinski definition) is 5. The molecule has 1 saturated heterocycles. The largest absolute Gasteiger partial charge is 0.497 e. The number of carbonyl (C=O) groups excluding carboxylic acids is 2. The molecule has 164 valence electrons. The number of anilines is 2. The van der Waals surface area contributed by atoms with E-state index < -0.39 is 0 Å². The lowest BCUT2D eigenvalue weighted by molar-refractivity contribution is -0.115. The fourth-order valence-electron chi connectivity index (χ4n) is 3.69. The van der Waals surface area contributed by atoms with E-state index in [2.05, 4.69) is 5.32 Å². The molecule has 0 radical (unpaired) electrons. The molecule has 3 aromatic carbocycles. The molecule has 1 N–H and O–H groups in total. The maximum Gasteiger partial charge on any atom is 0.255 e. The van der Waals surface area contributed by atoms with Gasteiger partial charge in [0.1, 0.15) is 16.9 Å². The lowest BCUT2D eigenvalue weighted by Crippen LogP contribution is -2.29. The van der Waals surface area contributed by atoms with E-state index in [4.69, 9.17) is 9.47 Å². The van der Waals surface area contributed by atoms with Crippen molar-refractivity contribution in [2.75, 3.05) is 30.2 Å². The molecule has 2 amide bonds. The van der Waals surface area contributed by atoms with Gasteiger partial charge < -0.3 is 14.8 Å². The van der Waals surface area contributed by atoms with Gasteiger partial charge in [-0.1, -0.05) is 30.3 Å². The van der Waals surface area contributed by atoms with Crippen molar-refractivity contribution < 1.29 is 19.1 Å². The van der Waals surface area contributed by atoms with Crippen LogP contribution in [0.25, 0.3) is 0 Å². The van der Waals surface area contributed by atoms with Gasteiger partial charge in [-0.3, -0.25) is 14.5 Å². The van der Waals surface area contributed by atoms with Crippen LogP contribution in [0.2, 0.25) is 0 Å². The number of ether oxygens (including phenoxy) is 2. The van der Waals surface area contributed by atoms with Crippen LogP contribution in [0.5, 0.6) is 11.5 Å². The number of benzene rings is 3. The van der Waals surface area contributed by atoms with E-state index >= 15 is 0 Å². The van der Waals surface area contributed by atoms with Crippen molar-refractivity contribution in [2.45, 2.75) is 12.3 Å². The summed E-state index contributed by atoms with van der Waals surface area (Å²) in [5, 5.41) is 2.71. The Labute approximate surface area is 191 Å². The molecule has 0 spiro atoms. The summed E-state index contributed by atoms with van der Waals surface area (Å²) >= 11 is 1.52. The van der Waals surface area contributed by atoms with Crippen LogP contribution in [0.15, 0.2) is 66.7 Å². The van der Waals surface area contributed by atoms with Crippen LogP contribution in [0.1, 0.15) is 26.9 Å². The predicted molar refractivity (Wildman–Crippen MR) is 128 cm³/mol. The van der Waals surface area contributed by atoms with E-state index in [-0.39, 0.29) is 17.2 Å². The monoisotopic (exact) mass is 448 g/mol. The van der Waals surface area contributed by atoms with Crippen LogP contribution in [0, 0.1) is 6.92 Å². The second kappa shape index (κ2) is 9.36. The van der Waals surface area contributed by atoms with Gasteiger partial charge in [-0.2, -0.15) is 0 Å². The maximum atomic E-state index is 12.9. The first-order valence-corrected chi connectivity index (χ1v) is 11.2.